The van der Waals surface area contributed by atoms with Crippen molar-refractivity contribution in [2.45, 2.75) is 0 Å². The summed E-state index contributed by atoms with van der Waals surface area (Å²) in [7, 11) is 1.92. The van der Waals surface area contributed by atoms with E-state index in [0.717, 1.165) is 11.2 Å². The summed E-state index contributed by atoms with van der Waals surface area (Å²) >= 11 is 6.06. The first-order chi connectivity index (χ1) is 7.27. The van der Waals surface area contributed by atoms with Gasteiger partial charge in [-0.2, -0.15) is 0 Å². The van der Waals surface area contributed by atoms with Gasteiger partial charge in [-0.1, -0.05) is 29.8 Å². The van der Waals surface area contributed by atoms with Crippen LogP contribution in [0.15, 0.2) is 53.7 Å². The zero-order valence-electron chi connectivity index (χ0n) is 8.39. The van der Waals surface area contributed by atoms with Gasteiger partial charge < -0.3 is 4.57 Å². The average molecular weight is 219 g/mol. The molecule has 0 aliphatic rings. The first-order valence-electron chi connectivity index (χ1n) is 4.68. The summed E-state index contributed by atoms with van der Waals surface area (Å²) in [5.74, 6) is 0. The Balaban J connectivity index is 2.59. The van der Waals surface area contributed by atoms with Crippen molar-refractivity contribution in [3.05, 3.63) is 59.2 Å². The van der Waals surface area contributed by atoms with Crippen molar-refractivity contribution in [1.82, 2.24) is 4.57 Å². The van der Waals surface area contributed by atoms with Gasteiger partial charge in [0.15, 0.2) is 5.49 Å². The zero-order chi connectivity index (χ0) is 10.7. The highest BCUT2D eigenvalue weighted by molar-refractivity contribution is 6.30. The van der Waals surface area contributed by atoms with Crippen molar-refractivity contribution in [3.8, 4) is 0 Å². The molecular formula is C12H11ClN2. The molecule has 0 aliphatic carbocycles. The van der Waals surface area contributed by atoms with E-state index in [4.69, 9.17) is 11.6 Å². The van der Waals surface area contributed by atoms with Crippen molar-refractivity contribution in [2.24, 2.45) is 12.0 Å². The molecule has 0 saturated carbocycles. The molecule has 0 fully saturated rings. The van der Waals surface area contributed by atoms with Crippen LogP contribution in [0.4, 0.5) is 5.69 Å². The van der Waals surface area contributed by atoms with Gasteiger partial charge in [-0.3, -0.25) is 0 Å². The number of hydrogen-bond acceptors (Lipinski definition) is 1. The molecule has 0 aliphatic heterocycles. The first-order valence-corrected chi connectivity index (χ1v) is 5.06. The third-order valence-electron chi connectivity index (χ3n) is 2.09. The molecule has 1 aromatic carbocycles. The van der Waals surface area contributed by atoms with Gasteiger partial charge >= 0.3 is 0 Å². The van der Waals surface area contributed by atoms with E-state index >= 15 is 0 Å². The van der Waals surface area contributed by atoms with Crippen molar-refractivity contribution < 1.29 is 0 Å². The highest BCUT2D eigenvalue weighted by Gasteiger charge is 1.94. The molecule has 0 N–H and O–H groups in total. The van der Waals surface area contributed by atoms with E-state index in [1.165, 1.54) is 0 Å². The van der Waals surface area contributed by atoms with Crippen LogP contribution in [0.1, 0.15) is 0 Å². The molecule has 2 nitrogen and oxygen atoms in total. The quantitative estimate of drug-likeness (QED) is 0.701. The molecule has 0 amide bonds. The molecule has 0 radical (unpaired) electrons. The van der Waals surface area contributed by atoms with Crippen molar-refractivity contribution in [3.63, 3.8) is 0 Å². The van der Waals surface area contributed by atoms with Crippen LogP contribution in [0.3, 0.4) is 0 Å². The Morgan fingerprint density at radius 3 is 2.47 bits per heavy atom. The average Bonchev–Trinajstić information content (AvgIpc) is 2.25. The Bertz CT molecular complexity index is 491. The van der Waals surface area contributed by atoms with Crippen LogP contribution in [0.2, 0.25) is 5.02 Å². The van der Waals surface area contributed by atoms with Gasteiger partial charge in [0.25, 0.3) is 0 Å². The lowest BCUT2D eigenvalue weighted by molar-refractivity contribution is 0.835. The normalized spacial score (nSPS) is 11.7. The molecule has 2 aromatic rings. The van der Waals surface area contributed by atoms with Crippen LogP contribution in [-0.4, -0.2) is 4.57 Å². The van der Waals surface area contributed by atoms with E-state index in [9.17, 15) is 0 Å². The Kier molecular flexibility index (Phi) is 2.88. The summed E-state index contributed by atoms with van der Waals surface area (Å²) in [6.07, 6.45) is 1.92. The largest absolute Gasteiger partial charge is 0.335 e. The lowest BCUT2D eigenvalue weighted by atomic mass is 10.3. The number of rotatable bonds is 1. The number of para-hydroxylation sites is 1. The lowest BCUT2D eigenvalue weighted by Gasteiger charge is -2.01. The molecule has 0 unspecified atom stereocenters. The van der Waals surface area contributed by atoms with Gasteiger partial charge in [-0.25, -0.2) is 4.99 Å². The summed E-state index contributed by atoms with van der Waals surface area (Å²) in [6, 6.07) is 13.5. The molecule has 3 heteroatoms. The van der Waals surface area contributed by atoms with E-state index in [1.54, 1.807) is 0 Å². The molecule has 0 atom stereocenters. The number of nitrogens with zero attached hydrogens (tertiary/aromatic N) is 2. The summed E-state index contributed by atoms with van der Waals surface area (Å²) in [6.45, 7) is 0. The number of pyridine rings is 1. The number of aryl methyl sites for hydroxylation is 1. The Morgan fingerprint density at radius 1 is 1.07 bits per heavy atom. The maximum atomic E-state index is 6.06. The van der Waals surface area contributed by atoms with Gasteiger partial charge in [-0.15, -0.1) is 0 Å². The van der Waals surface area contributed by atoms with Gasteiger partial charge in [0.05, 0.1) is 10.7 Å². The van der Waals surface area contributed by atoms with E-state index in [1.807, 2.05) is 60.3 Å². The van der Waals surface area contributed by atoms with Crippen molar-refractivity contribution in [1.29, 1.82) is 0 Å². The lowest BCUT2D eigenvalue weighted by Crippen LogP contribution is -2.17. The maximum absolute atomic E-state index is 6.06. The third-order valence-corrected chi connectivity index (χ3v) is 2.39. The Hall–Kier alpha value is -1.54. The van der Waals surface area contributed by atoms with E-state index in [0.29, 0.717) is 5.02 Å². The molecule has 0 bridgehead atoms. The van der Waals surface area contributed by atoms with Crippen LogP contribution in [0, 0.1) is 0 Å². The van der Waals surface area contributed by atoms with Gasteiger partial charge in [0.1, 0.15) is 0 Å². The van der Waals surface area contributed by atoms with Gasteiger partial charge in [0.2, 0.25) is 0 Å². The smallest absolute Gasteiger partial charge is 0.151 e. The summed E-state index contributed by atoms with van der Waals surface area (Å²) in [5, 5.41) is 0.656. The molecule has 2 rings (SSSR count). The van der Waals surface area contributed by atoms with Gasteiger partial charge in [-0.05, 0) is 24.3 Å². The van der Waals surface area contributed by atoms with E-state index in [2.05, 4.69) is 4.99 Å². The third kappa shape index (κ3) is 2.28. The van der Waals surface area contributed by atoms with Crippen molar-refractivity contribution >= 4 is 17.3 Å². The van der Waals surface area contributed by atoms with Crippen LogP contribution in [0.5, 0.6) is 0 Å². The molecule has 0 saturated heterocycles. The first kappa shape index (κ1) is 9.99. The van der Waals surface area contributed by atoms with Crippen LogP contribution >= 0.6 is 11.6 Å². The minimum Gasteiger partial charge on any atom is -0.335 e. The summed E-state index contributed by atoms with van der Waals surface area (Å²) in [5.41, 5.74) is 1.67. The Labute approximate surface area is 93.5 Å². The maximum Gasteiger partial charge on any atom is 0.151 e. The SMILES string of the molecule is Cn1cccc(Cl)c1=Nc1ccccc1. The fraction of sp³-hybridized carbons (Fsp3) is 0.0833. The predicted molar refractivity (Wildman–Crippen MR) is 62.1 cm³/mol. The van der Waals surface area contributed by atoms with Crippen LogP contribution < -0.4 is 5.49 Å². The number of hydrogen-bond donors (Lipinski definition) is 0. The number of benzene rings is 1. The highest BCUT2D eigenvalue weighted by Crippen LogP contribution is 2.09. The van der Waals surface area contributed by atoms with E-state index < -0.39 is 0 Å². The number of halogens is 1. The molecule has 1 heterocycles. The molecule has 15 heavy (non-hydrogen) atoms. The number of aromatic nitrogens is 1. The fourth-order valence-electron chi connectivity index (χ4n) is 1.33. The molecular weight excluding hydrogens is 208 g/mol. The molecule has 76 valence electrons. The minimum absolute atomic E-state index is 0.656. The Morgan fingerprint density at radius 2 is 1.80 bits per heavy atom. The molecule has 1 aromatic heterocycles. The minimum atomic E-state index is 0.656. The predicted octanol–water partition coefficient (Wildman–Crippen LogP) is 2.91. The van der Waals surface area contributed by atoms with Crippen LogP contribution in [-0.2, 0) is 7.05 Å². The molecule has 0 spiro atoms. The standard InChI is InChI=1S/C12H11ClN2/c1-15-9-5-8-11(13)12(15)14-10-6-3-2-4-7-10/h2-9H,1H3. The summed E-state index contributed by atoms with van der Waals surface area (Å²) in [4.78, 5) is 4.47. The van der Waals surface area contributed by atoms with E-state index in [-0.39, 0.29) is 0 Å². The second-order valence-electron chi connectivity index (χ2n) is 3.24. The van der Waals surface area contributed by atoms with Crippen molar-refractivity contribution in [2.75, 3.05) is 0 Å². The fourth-order valence-corrected chi connectivity index (χ4v) is 1.58. The summed E-state index contributed by atoms with van der Waals surface area (Å²) < 4.78 is 1.90. The highest BCUT2D eigenvalue weighted by atomic mass is 35.5. The topological polar surface area (TPSA) is 17.3 Å². The van der Waals surface area contributed by atoms with Crippen LogP contribution in [0.25, 0.3) is 0 Å². The van der Waals surface area contributed by atoms with Gasteiger partial charge in [0, 0.05) is 13.2 Å². The second-order valence-corrected chi connectivity index (χ2v) is 3.65. The monoisotopic (exact) mass is 218 g/mol. The second kappa shape index (κ2) is 4.32. The zero-order valence-corrected chi connectivity index (χ0v) is 9.15.